The third kappa shape index (κ3) is 47.9. The molecule has 0 aliphatic carbocycles. The number of phosphoric ester groups is 1. The van der Waals surface area contributed by atoms with Crippen molar-refractivity contribution in [3.8, 4) is 0 Å². The summed E-state index contributed by atoms with van der Waals surface area (Å²) >= 11 is 0. The predicted molar refractivity (Wildman–Crippen MR) is 260 cm³/mol. The van der Waals surface area contributed by atoms with Crippen LogP contribution in [-0.4, -0.2) is 66.3 Å². The monoisotopic (exact) mass is 897 g/mol. The van der Waals surface area contributed by atoms with Crippen LogP contribution in [0.4, 0.5) is 0 Å². The van der Waals surface area contributed by atoms with E-state index in [0.29, 0.717) is 13.0 Å². The minimum atomic E-state index is -4.53. The molecule has 0 aromatic heterocycles. The van der Waals surface area contributed by atoms with Crippen LogP contribution in [-0.2, 0) is 27.9 Å². The first-order chi connectivity index (χ1) is 30.3. The summed E-state index contributed by atoms with van der Waals surface area (Å²) in [6, 6.07) is 0. The van der Waals surface area contributed by atoms with Crippen LogP contribution >= 0.6 is 7.82 Å². The maximum absolute atomic E-state index is 12.7. The Morgan fingerprint density at radius 3 is 1.32 bits per heavy atom. The standard InChI is InChI=1S/C52H97O9P/c1-3-5-7-9-11-13-15-17-19-21-23-25-26-28-30-32-34-36-38-40-42-44-52(55)61-51(49-60-62(56,57)59-47-50(54)46-53)48-58-45-43-41-39-37-35-33-31-29-27-24-22-20-18-16-14-12-10-8-6-4-2/h15,17-18,20-21,23,26,28,50-51,53-54H,3-14,16,19,22,24-25,27,29-49H2,1-2H3,(H,56,57)/b17-15-,20-18-,23-21-,28-26-. The molecule has 0 amide bonds. The zero-order chi connectivity index (χ0) is 45.3. The van der Waals surface area contributed by atoms with E-state index in [4.69, 9.17) is 23.6 Å². The van der Waals surface area contributed by atoms with Gasteiger partial charge in [-0.1, -0.05) is 197 Å². The summed E-state index contributed by atoms with van der Waals surface area (Å²) < 4.78 is 33.5. The van der Waals surface area contributed by atoms with Gasteiger partial charge in [0.15, 0.2) is 0 Å². The van der Waals surface area contributed by atoms with E-state index in [2.05, 4.69) is 62.5 Å². The third-order valence-electron chi connectivity index (χ3n) is 11.0. The fraction of sp³-hybridized carbons (Fsp3) is 0.827. The van der Waals surface area contributed by atoms with E-state index in [-0.39, 0.29) is 19.6 Å². The van der Waals surface area contributed by atoms with Gasteiger partial charge in [0.2, 0.25) is 0 Å². The molecular formula is C52H97O9P. The number of aliphatic hydroxyl groups is 2. The normalized spacial score (nSPS) is 14.2. The molecule has 10 heteroatoms. The molecule has 0 aliphatic heterocycles. The van der Waals surface area contributed by atoms with Crippen LogP contribution in [0, 0.1) is 0 Å². The Hall–Kier alpha value is -1.58. The zero-order valence-corrected chi connectivity index (χ0v) is 41.0. The summed E-state index contributed by atoms with van der Waals surface area (Å²) in [4.78, 5) is 22.7. The Morgan fingerprint density at radius 2 is 0.871 bits per heavy atom. The van der Waals surface area contributed by atoms with Gasteiger partial charge in [-0.2, -0.15) is 0 Å². The SMILES string of the molecule is CCCCCCC/C=C\C/C=C\C/C=C\CCCCCCCCC(=O)OC(COCCCCCCCCCCCC/C=C\CCCCCCCC)COP(=O)(O)OCC(O)CO. The largest absolute Gasteiger partial charge is 0.472 e. The molecule has 0 saturated heterocycles. The quantitative estimate of drug-likeness (QED) is 0.0236. The fourth-order valence-corrected chi connectivity index (χ4v) is 7.85. The first-order valence-electron chi connectivity index (χ1n) is 25.6. The second-order valence-electron chi connectivity index (χ2n) is 17.2. The van der Waals surface area contributed by atoms with Gasteiger partial charge in [-0.3, -0.25) is 13.8 Å². The highest BCUT2D eigenvalue weighted by Crippen LogP contribution is 2.43. The lowest BCUT2D eigenvalue weighted by Gasteiger charge is -2.20. The molecule has 0 aliphatic rings. The molecule has 0 rings (SSSR count). The molecule has 0 radical (unpaired) electrons. The van der Waals surface area contributed by atoms with E-state index in [1.54, 1.807) is 0 Å². The molecule has 364 valence electrons. The van der Waals surface area contributed by atoms with Crippen LogP contribution in [0.2, 0.25) is 0 Å². The van der Waals surface area contributed by atoms with Crippen LogP contribution in [0.3, 0.4) is 0 Å². The predicted octanol–water partition coefficient (Wildman–Crippen LogP) is 14.9. The lowest BCUT2D eigenvalue weighted by Crippen LogP contribution is -2.29. The summed E-state index contributed by atoms with van der Waals surface area (Å²) in [6.45, 7) is 3.51. The number of unbranched alkanes of at least 4 members (excludes halogenated alkanes) is 27. The van der Waals surface area contributed by atoms with E-state index in [1.807, 2.05) is 0 Å². The molecule has 3 N–H and O–H groups in total. The summed E-state index contributed by atoms with van der Waals surface area (Å²) in [5.74, 6) is -0.393. The highest BCUT2D eigenvalue weighted by molar-refractivity contribution is 7.47. The van der Waals surface area contributed by atoms with Crippen LogP contribution < -0.4 is 0 Å². The minimum absolute atomic E-state index is 0.0430. The summed E-state index contributed by atoms with van der Waals surface area (Å²) in [5.41, 5.74) is 0. The number of aliphatic hydroxyl groups excluding tert-OH is 2. The fourth-order valence-electron chi connectivity index (χ4n) is 7.06. The Balaban J connectivity index is 4.11. The maximum atomic E-state index is 12.7. The molecular weight excluding hydrogens is 800 g/mol. The van der Waals surface area contributed by atoms with Crippen molar-refractivity contribution < 1.29 is 43.0 Å². The molecule has 0 aromatic carbocycles. The van der Waals surface area contributed by atoms with Gasteiger partial charge in [0.25, 0.3) is 0 Å². The zero-order valence-electron chi connectivity index (χ0n) is 40.1. The van der Waals surface area contributed by atoms with Crippen molar-refractivity contribution in [2.75, 3.05) is 33.0 Å². The summed E-state index contributed by atoms with van der Waals surface area (Å²) in [5, 5.41) is 18.4. The van der Waals surface area contributed by atoms with Gasteiger partial charge in [-0.25, -0.2) is 4.57 Å². The van der Waals surface area contributed by atoms with Gasteiger partial charge >= 0.3 is 13.8 Å². The van der Waals surface area contributed by atoms with Crippen LogP contribution in [0.5, 0.6) is 0 Å². The first-order valence-corrected chi connectivity index (χ1v) is 27.1. The van der Waals surface area contributed by atoms with E-state index in [0.717, 1.165) is 57.8 Å². The number of esters is 1. The Bertz CT molecular complexity index is 1110. The molecule has 0 saturated carbocycles. The Morgan fingerprint density at radius 1 is 0.500 bits per heavy atom. The number of allylic oxidation sites excluding steroid dienone is 8. The van der Waals surface area contributed by atoms with Gasteiger partial charge in [-0.05, 0) is 77.0 Å². The van der Waals surface area contributed by atoms with Crippen LogP contribution in [0.1, 0.15) is 232 Å². The van der Waals surface area contributed by atoms with Gasteiger partial charge in [0.1, 0.15) is 12.2 Å². The van der Waals surface area contributed by atoms with Gasteiger partial charge in [-0.15, -0.1) is 0 Å². The van der Waals surface area contributed by atoms with Gasteiger partial charge < -0.3 is 24.6 Å². The Kier molecular flexibility index (Phi) is 47.6. The highest BCUT2D eigenvalue weighted by Gasteiger charge is 2.26. The second-order valence-corrected chi connectivity index (χ2v) is 18.6. The first kappa shape index (κ1) is 60.4. The molecule has 3 unspecified atom stereocenters. The molecule has 0 spiro atoms. The number of rotatable bonds is 49. The highest BCUT2D eigenvalue weighted by atomic mass is 31.2. The van der Waals surface area contributed by atoms with Crippen molar-refractivity contribution in [3.05, 3.63) is 48.6 Å². The topological polar surface area (TPSA) is 132 Å². The third-order valence-corrected chi connectivity index (χ3v) is 11.9. The van der Waals surface area contributed by atoms with Crippen molar-refractivity contribution in [2.45, 2.75) is 244 Å². The van der Waals surface area contributed by atoms with Crippen LogP contribution in [0.15, 0.2) is 48.6 Å². The Labute approximate surface area is 381 Å². The lowest BCUT2D eigenvalue weighted by atomic mass is 10.1. The van der Waals surface area contributed by atoms with Crippen molar-refractivity contribution >= 4 is 13.8 Å². The number of phosphoric acid groups is 1. The smallest absolute Gasteiger partial charge is 0.457 e. The van der Waals surface area contributed by atoms with Crippen molar-refractivity contribution in [1.82, 2.24) is 0 Å². The van der Waals surface area contributed by atoms with E-state index < -0.39 is 39.2 Å². The average molecular weight is 897 g/mol. The van der Waals surface area contributed by atoms with Crippen molar-refractivity contribution in [1.29, 1.82) is 0 Å². The molecule has 9 nitrogen and oxygen atoms in total. The van der Waals surface area contributed by atoms with E-state index in [9.17, 15) is 19.4 Å². The van der Waals surface area contributed by atoms with Crippen molar-refractivity contribution in [2.24, 2.45) is 0 Å². The molecule has 3 atom stereocenters. The average Bonchev–Trinajstić information content (AvgIpc) is 3.26. The minimum Gasteiger partial charge on any atom is -0.457 e. The maximum Gasteiger partial charge on any atom is 0.472 e. The van der Waals surface area contributed by atoms with E-state index >= 15 is 0 Å². The lowest BCUT2D eigenvalue weighted by molar-refractivity contribution is -0.154. The molecule has 62 heavy (non-hydrogen) atoms. The van der Waals surface area contributed by atoms with E-state index in [1.165, 1.54) is 148 Å². The molecule has 0 heterocycles. The number of ether oxygens (including phenoxy) is 2. The second kappa shape index (κ2) is 48.9. The number of carbonyl (C=O) groups excluding carboxylic acids is 1. The van der Waals surface area contributed by atoms with Crippen LogP contribution in [0.25, 0.3) is 0 Å². The number of hydrogen-bond donors (Lipinski definition) is 3. The number of hydrogen-bond acceptors (Lipinski definition) is 8. The molecule has 0 bridgehead atoms. The molecule has 0 aromatic rings. The van der Waals surface area contributed by atoms with Gasteiger partial charge in [0, 0.05) is 13.0 Å². The number of carbonyl (C=O) groups is 1. The van der Waals surface area contributed by atoms with Gasteiger partial charge in [0.05, 0.1) is 26.4 Å². The summed E-state index contributed by atoms with van der Waals surface area (Å²) in [7, 11) is -4.53. The summed E-state index contributed by atoms with van der Waals surface area (Å²) in [6.07, 6.45) is 56.4. The molecule has 0 fully saturated rings. The van der Waals surface area contributed by atoms with Crippen molar-refractivity contribution in [3.63, 3.8) is 0 Å².